The van der Waals surface area contributed by atoms with Gasteiger partial charge >= 0.3 is 0 Å². The van der Waals surface area contributed by atoms with Gasteiger partial charge in [-0.05, 0) is 24.0 Å². The lowest BCUT2D eigenvalue weighted by Crippen LogP contribution is -2.55. The van der Waals surface area contributed by atoms with Crippen LogP contribution in [0.15, 0.2) is 42.1 Å². The maximum absolute atomic E-state index is 13.6. The maximum Gasteiger partial charge on any atom is 0.242 e. The number of ketones is 2. The van der Waals surface area contributed by atoms with Crippen molar-refractivity contribution in [2.45, 2.75) is 31.9 Å². The summed E-state index contributed by atoms with van der Waals surface area (Å²) in [5.41, 5.74) is 1.41. The van der Waals surface area contributed by atoms with Crippen molar-refractivity contribution in [3.63, 3.8) is 0 Å². The fourth-order valence-electron chi connectivity index (χ4n) is 5.26. The third-order valence-electron chi connectivity index (χ3n) is 7.26. The summed E-state index contributed by atoms with van der Waals surface area (Å²) in [5, 5.41) is 3.22. The van der Waals surface area contributed by atoms with E-state index in [0.717, 1.165) is 12.0 Å². The van der Waals surface area contributed by atoms with Crippen molar-refractivity contribution in [1.29, 1.82) is 0 Å². The molecule has 1 spiro atoms. The molecule has 1 amide bonds. The number of amides is 1. The monoisotopic (exact) mass is 510 g/mol. The molecule has 0 radical (unpaired) electrons. The molecule has 0 saturated carbocycles. The Labute approximate surface area is 214 Å². The van der Waals surface area contributed by atoms with Gasteiger partial charge in [-0.25, -0.2) is 0 Å². The number of carbonyl (C=O) groups excluding carboxylic acids is 3. The first-order valence-electron chi connectivity index (χ1n) is 11.8. The number of carbonyl (C=O) groups is 3. The van der Waals surface area contributed by atoms with Gasteiger partial charge in [-0.15, -0.1) is 0 Å². The van der Waals surface area contributed by atoms with Gasteiger partial charge in [-0.1, -0.05) is 42.8 Å². The summed E-state index contributed by atoms with van der Waals surface area (Å²) >= 11 is 6.43. The van der Waals surface area contributed by atoms with Gasteiger partial charge in [0, 0.05) is 36.8 Å². The molecule has 2 heterocycles. The number of nitrogens with one attached hydrogen (secondary N) is 1. The highest BCUT2D eigenvalue weighted by Crippen LogP contribution is 2.52. The van der Waals surface area contributed by atoms with Crippen molar-refractivity contribution in [2.75, 3.05) is 27.3 Å². The summed E-state index contributed by atoms with van der Waals surface area (Å²) in [6.45, 7) is 3.06. The van der Waals surface area contributed by atoms with Crippen LogP contribution in [0.25, 0.3) is 0 Å². The second kappa shape index (κ2) is 9.17. The molecule has 188 valence electrons. The zero-order valence-electron chi connectivity index (χ0n) is 20.4. The van der Waals surface area contributed by atoms with Crippen LogP contribution in [0.3, 0.4) is 0 Å². The Bertz CT molecular complexity index is 1310. The van der Waals surface area contributed by atoms with Gasteiger partial charge in [0.1, 0.15) is 22.1 Å². The Morgan fingerprint density at radius 2 is 1.92 bits per heavy atom. The second-order valence-electron chi connectivity index (χ2n) is 9.29. The smallest absolute Gasteiger partial charge is 0.242 e. The number of hydrogen-bond acceptors (Lipinski definition) is 7. The molecule has 1 aliphatic carbocycles. The van der Waals surface area contributed by atoms with Gasteiger partial charge < -0.3 is 24.4 Å². The van der Waals surface area contributed by atoms with Crippen LogP contribution in [0.4, 0.5) is 0 Å². The number of halogens is 1. The van der Waals surface area contributed by atoms with Gasteiger partial charge in [0.2, 0.25) is 23.1 Å². The van der Waals surface area contributed by atoms with Crippen molar-refractivity contribution in [1.82, 2.24) is 10.2 Å². The quantitative estimate of drug-likeness (QED) is 0.616. The number of nitrogens with zero attached hydrogens (tertiary/aromatic N) is 1. The van der Waals surface area contributed by atoms with Crippen molar-refractivity contribution < 1.29 is 28.6 Å². The molecule has 0 saturated heterocycles. The van der Waals surface area contributed by atoms with Crippen molar-refractivity contribution in [3.8, 4) is 17.2 Å². The zero-order valence-corrected chi connectivity index (χ0v) is 21.1. The predicted molar refractivity (Wildman–Crippen MR) is 133 cm³/mol. The first-order valence-corrected chi connectivity index (χ1v) is 12.2. The number of ether oxygens (including phenoxy) is 3. The summed E-state index contributed by atoms with van der Waals surface area (Å²) in [6, 6.07) is 9.63. The van der Waals surface area contributed by atoms with Gasteiger partial charge in [-0.3, -0.25) is 14.4 Å². The minimum absolute atomic E-state index is 0.0463. The molecule has 3 aliphatic rings. The molecule has 0 bridgehead atoms. The average molecular weight is 511 g/mol. The topological polar surface area (TPSA) is 94.2 Å². The fraction of sp³-hybridized carbons (Fsp3) is 0.370. The molecule has 2 unspecified atom stereocenters. The SMILES string of the molecule is COc1cc(OC)c2c(c1Cl)OC1(C(=O)C=C(NCC(=O)N3CCc4ccccc4C3)CC1C)C2=O. The maximum atomic E-state index is 13.6. The van der Waals surface area contributed by atoms with E-state index in [1.807, 2.05) is 23.1 Å². The normalized spacial score (nSPS) is 22.5. The van der Waals surface area contributed by atoms with Gasteiger partial charge in [0.25, 0.3) is 0 Å². The molecule has 2 aromatic rings. The lowest BCUT2D eigenvalue weighted by atomic mass is 9.74. The van der Waals surface area contributed by atoms with Crippen molar-refractivity contribution >= 4 is 29.1 Å². The molecular weight excluding hydrogens is 484 g/mol. The van der Waals surface area contributed by atoms with Crippen LogP contribution in [-0.4, -0.2) is 55.3 Å². The molecule has 9 heteroatoms. The van der Waals surface area contributed by atoms with E-state index in [2.05, 4.69) is 11.4 Å². The lowest BCUT2D eigenvalue weighted by molar-refractivity contribution is -0.132. The Morgan fingerprint density at radius 1 is 1.19 bits per heavy atom. The van der Waals surface area contributed by atoms with E-state index in [9.17, 15) is 14.4 Å². The summed E-state index contributed by atoms with van der Waals surface area (Å²) in [6.07, 6.45) is 2.53. The van der Waals surface area contributed by atoms with Crippen LogP contribution < -0.4 is 19.5 Å². The minimum atomic E-state index is -1.74. The summed E-state index contributed by atoms with van der Waals surface area (Å²) < 4.78 is 16.7. The van der Waals surface area contributed by atoms with Gasteiger partial charge in [0.05, 0.1) is 20.8 Å². The van der Waals surface area contributed by atoms with E-state index in [4.69, 9.17) is 25.8 Å². The molecule has 0 fully saturated rings. The number of hydrogen-bond donors (Lipinski definition) is 1. The molecule has 8 nitrogen and oxygen atoms in total. The zero-order chi connectivity index (χ0) is 25.6. The van der Waals surface area contributed by atoms with Gasteiger partial charge in [-0.2, -0.15) is 0 Å². The second-order valence-corrected chi connectivity index (χ2v) is 9.67. The Hall–Kier alpha value is -3.52. The molecule has 2 aliphatic heterocycles. The first kappa shape index (κ1) is 24.2. The van der Waals surface area contributed by atoms with E-state index in [0.29, 0.717) is 25.2 Å². The number of Topliss-reactive ketones (excluding diaryl/α,β-unsaturated/α-hetero) is 1. The molecule has 0 aromatic heterocycles. The number of benzene rings is 2. The minimum Gasteiger partial charge on any atom is -0.496 e. The van der Waals surface area contributed by atoms with E-state index in [1.165, 1.54) is 31.9 Å². The fourth-order valence-corrected chi connectivity index (χ4v) is 5.53. The summed E-state index contributed by atoms with van der Waals surface area (Å²) in [5.74, 6) is -0.949. The van der Waals surface area contributed by atoms with Crippen LogP contribution >= 0.6 is 11.6 Å². The summed E-state index contributed by atoms with van der Waals surface area (Å²) in [7, 11) is 2.87. The van der Waals surface area contributed by atoms with Gasteiger partial charge in [0.15, 0.2) is 5.75 Å². The third kappa shape index (κ3) is 3.71. The predicted octanol–water partition coefficient (Wildman–Crippen LogP) is 3.34. The van der Waals surface area contributed by atoms with E-state index >= 15 is 0 Å². The molecule has 1 N–H and O–H groups in total. The third-order valence-corrected chi connectivity index (χ3v) is 7.62. The largest absolute Gasteiger partial charge is 0.496 e. The number of fused-ring (bicyclic) bond motifs is 2. The van der Waals surface area contributed by atoms with E-state index in [1.54, 1.807) is 6.92 Å². The molecule has 2 aromatic carbocycles. The van der Waals surface area contributed by atoms with Crippen LogP contribution in [0.1, 0.15) is 34.8 Å². The molecule has 36 heavy (non-hydrogen) atoms. The molecule has 2 atom stereocenters. The molecular formula is C27H27ClN2O6. The highest BCUT2D eigenvalue weighted by molar-refractivity contribution is 6.36. The van der Waals surface area contributed by atoms with Crippen LogP contribution in [-0.2, 0) is 22.6 Å². The van der Waals surface area contributed by atoms with Crippen LogP contribution in [0.5, 0.6) is 17.2 Å². The number of allylic oxidation sites excluding steroid dienone is 1. The first-order chi connectivity index (χ1) is 17.3. The number of methoxy groups -OCH3 is 2. The number of rotatable bonds is 5. The Kier molecular flexibility index (Phi) is 6.16. The molecule has 5 rings (SSSR count). The summed E-state index contributed by atoms with van der Waals surface area (Å²) in [4.78, 5) is 41.6. The highest BCUT2D eigenvalue weighted by Gasteiger charge is 2.60. The average Bonchev–Trinajstić information content (AvgIpc) is 3.20. The lowest BCUT2D eigenvalue weighted by Gasteiger charge is -2.35. The Balaban J connectivity index is 1.32. The Morgan fingerprint density at radius 3 is 2.61 bits per heavy atom. The highest BCUT2D eigenvalue weighted by atomic mass is 35.5. The van der Waals surface area contributed by atoms with Crippen molar-refractivity contribution in [3.05, 3.63) is 63.8 Å². The van der Waals surface area contributed by atoms with E-state index < -0.39 is 23.1 Å². The standard InChI is InChI=1S/C27H27ClN2O6/c1-15-10-18(29-13-22(32)30-9-8-16-6-4-5-7-17(16)14-30)11-21(31)27(15)26(33)23-19(34-2)12-20(35-3)24(28)25(23)36-27/h4-7,11-12,15,29H,8-10,13-14H2,1-3H3. The van der Waals surface area contributed by atoms with Crippen LogP contribution in [0.2, 0.25) is 5.02 Å². The van der Waals surface area contributed by atoms with Crippen LogP contribution in [0, 0.1) is 5.92 Å². The van der Waals surface area contributed by atoms with Crippen molar-refractivity contribution in [2.24, 2.45) is 5.92 Å². The van der Waals surface area contributed by atoms with E-state index in [-0.39, 0.29) is 40.3 Å².